The predicted molar refractivity (Wildman–Crippen MR) is 115 cm³/mol. The number of hydrogen-bond donors (Lipinski definition) is 1. The Morgan fingerprint density at radius 3 is 2.31 bits per heavy atom. The monoisotopic (exact) mass is 377 g/mol. The van der Waals surface area contributed by atoms with Crippen molar-refractivity contribution >= 4 is 33.1 Å². The lowest BCUT2D eigenvalue weighted by Gasteiger charge is -2.23. The van der Waals surface area contributed by atoms with E-state index in [1.54, 1.807) is 0 Å². The standard InChI is InChI=1S/C25H15NO3/c27-25-19(13-17-12-15-6-1-2-7-16(15)14-23(17)29-25)18-8-5-11-22-24(18)26-20-9-3-4-10-21(20)28-22/h1-14,26H. The van der Waals surface area contributed by atoms with Gasteiger partial charge in [0.25, 0.3) is 0 Å². The van der Waals surface area contributed by atoms with Gasteiger partial charge >= 0.3 is 5.63 Å². The van der Waals surface area contributed by atoms with Crippen molar-refractivity contribution < 1.29 is 9.15 Å². The Bertz CT molecular complexity index is 1480. The number of hydrogen-bond acceptors (Lipinski definition) is 4. The van der Waals surface area contributed by atoms with Gasteiger partial charge in [-0.05, 0) is 47.2 Å². The second kappa shape index (κ2) is 5.97. The van der Waals surface area contributed by atoms with Crippen LogP contribution in [0, 0.1) is 0 Å². The summed E-state index contributed by atoms with van der Waals surface area (Å²) in [7, 11) is 0. The molecule has 0 radical (unpaired) electrons. The van der Waals surface area contributed by atoms with E-state index in [1.165, 1.54) is 0 Å². The summed E-state index contributed by atoms with van der Waals surface area (Å²) in [5.41, 5.74) is 3.09. The molecule has 0 fully saturated rings. The predicted octanol–water partition coefficient (Wildman–Crippen LogP) is 6.46. The molecule has 0 atom stereocenters. The van der Waals surface area contributed by atoms with Gasteiger partial charge in [0.15, 0.2) is 11.5 Å². The molecule has 5 aromatic rings. The highest BCUT2D eigenvalue weighted by Gasteiger charge is 2.21. The fraction of sp³-hybridized carbons (Fsp3) is 0. The van der Waals surface area contributed by atoms with Crippen LogP contribution in [0.3, 0.4) is 0 Å². The summed E-state index contributed by atoms with van der Waals surface area (Å²) in [5.74, 6) is 1.44. The number of nitrogens with one attached hydrogen (secondary N) is 1. The van der Waals surface area contributed by atoms with E-state index in [-0.39, 0.29) is 5.63 Å². The van der Waals surface area contributed by atoms with E-state index < -0.39 is 0 Å². The van der Waals surface area contributed by atoms with Gasteiger partial charge < -0.3 is 14.5 Å². The van der Waals surface area contributed by atoms with Crippen LogP contribution in [0.5, 0.6) is 11.5 Å². The van der Waals surface area contributed by atoms with Crippen molar-refractivity contribution in [3.05, 3.63) is 95.3 Å². The molecule has 138 valence electrons. The van der Waals surface area contributed by atoms with E-state index in [1.807, 2.05) is 78.9 Å². The molecule has 1 aliphatic rings. The molecule has 1 aromatic heterocycles. The van der Waals surface area contributed by atoms with Crippen LogP contribution < -0.4 is 15.7 Å². The van der Waals surface area contributed by atoms with Gasteiger partial charge in [0.1, 0.15) is 5.58 Å². The Hall–Kier alpha value is -4.05. The number of para-hydroxylation sites is 3. The van der Waals surface area contributed by atoms with Gasteiger partial charge in [-0.25, -0.2) is 4.79 Å². The first-order valence-electron chi connectivity index (χ1n) is 9.40. The molecule has 1 N–H and O–H groups in total. The van der Waals surface area contributed by atoms with E-state index in [4.69, 9.17) is 9.15 Å². The van der Waals surface area contributed by atoms with Crippen LogP contribution in [0.25, 0.3) is 32.9 Å². The third kappa shape index (κ3) is 2.50. The Kier molecular flexibility index (Phi) is 3.29. The Morgan fingerprint density at radius 1 is 0.655 bits per heavy atom. The van der Waals surface area contributed by atoms with Gasteiger partial charge in [-0.1, -0.05) is 48.5 Å². The highest BCUT2D eigenvalue weighted by Crippen LogP contribution is 2.46. The summed E-state index contributed by atoms with van der Waals surface area (Å²) in [6.07, 6.45) is 0. The molecule has 2 heterocycles. The minimum Gasteiger partial charge on any atom is -0.453 e. The molecule has 4 heteroatoms. The summed E-state index contributed by atoms with van der Waals surface area (Å²) in [4.78, 5) is 12.9. The van der Waals surface area contributed by atoms with Gasteiger partial charge in [-0.15, -0.1) is 0 Å². The summed E-state index contributed by atoms with van der Waals surface area (Å²) < 4.78 is 11.7. The van der Waals surface area contributed by atoms with Crippen LogP contribution in [0.2, 0.25) is 0 Å². The first kappa shape index (κ1) is 16.0. The average Bonchev–Trinajstić information content (AvgIpc) is 2.75. The first-order valence-corrected chi connectivity index (χ1v) is 9.40. The van der Waals surface area contributed by atoms with Crippen molar-refractivity contribution in [2.45, 2.75) is 0 Å². The fourth-order valence-corrected chi connectivity index (χ4v) is 3.88. The third-order valence-electron chi connectivity index (χ3n) is 5.28. The van der Waals surface area contributed by atoms with Gasteiger partial charge in [-0.2, -0.15) is 0 Å². The summed E-state index contributed by atoms with van der Waals surface area (Å²) in [5, 5.41) is 6.43. The largest absolute Gasteiger partial charge is 0.453 e. The zero-order valence-electron chi connectivity index (χ0n) is 15.3. The van der Waals surface area contributed by atoms with Crippen LogP contribution in [0.4, 0.5) is 11.4 Å². The van der Waals surface area contributed by atoms with Gasteiger partial charge in [0, 0.05) is 10.9 Å². The topological polar surface area (TPSA) is 51.5 Å². The van der Waals surface area contributed by atoms with Crippen molar-refractivity contribution in [3.8, 4) is 22.6 Å². The summed E-state index contributed by atoms with van der Waals surface area (Å²) >= 11 is 0. The highest BCUT2D eigenvalue weighted by atomic mass is 16.5. The van der Waals surface area contributed by atoms with Crippen molar-refractivity contribution in [1.29, 1.82) is 0 Å². The summed E-state index contributed by atoms with van der Waals surface area (Å²) in [6, 6.07) is 27.3. The molecule has 29 heavy (non-hydrogen) atoms. The van der Waals surface area contributed by atoms with E-state index in [9.17, 15) is 4.79 Å². The number of fused-ring (bicyclic) bond motifs is 4. The Labute approximate surface area is 166 Å². The molecule has 4 aromatic carbocycles. The maximum atomic E-state index is 12.9. The number of anilines is 2. The maximum Gasteiger partial charge on any atom is 0.344 e. The van der Waals surface area contributed by atoms with Crippen molar-refractivity contribution in [2.24, 2.45) is 0 Å². The average molecular weight is 377 g/mol. The molecular weight excluding hydrogens is 362 g/mol. The zero-order chi connectivity index (χ0) is 19.4. The van der Waals surface area contributed by atoms with Crippen molar-refractivity contribution in [2.75, 3.05) is 5.32 Å². The van der Waals surface area contributed by atoms with E-state index >= 15 is 0 Å². The second-order valence-corrected chi connectivity index (χ2v) is 7.09. The van der Waals surface area contributed by atoms with Crippen LogP contribution in [0.1, 0.15) is 0 Å². The van der Waals surface area contributed by atoms with E-state index in [2.05, 4.69) is 11.4 Å². The minimum absolute atomic E-state index is 0.373. The van der Waals surface area contributed by atoms with Crippen LogP contribution in [-0.4, -0.2) is 0 Å². The number of ether oxygens (including phenoxy) is 1. The van der Waals surface area contributed by atoms with Crippen LogP contribution >= 0.6 is 0 Å². The molecule has 0 saturated carbocycles. The normalized spacial score (nSPS) is 12.1. The molecule has 1 aliphatic heterocycles. The van der Waals surface area contributed by atoms with E-state index in [0.29, 0.717) is 16.9 Å². The maximum absolute atomic E-state index is 12.9. The lowest BCUT2D eigenvalue weighted by Crippen LogP contribution is -2.08. The first-order chi connectivity index (χ1) is 14.3. The quantitative estimate of drug-likeness (QED) is 0.264. The lowest BCUT2D eigenvalue weighted by molar-refractivity contribution is 0.481. The van der Waals surface area contributed by atoms with Crippen molar-refractivity contribution in [3.63, 3.8) is 0 Å². The number of rotatable bonds is 1. The lowest BCUT2D eigenvalue weighted by atomic mass is 10.0. The fourth-order valence-electron chi connectivity index (χ4n) is 3.88. The SMILES string of the molecule is O=c1oc2cc3ccccc3cc2cc1-c1cccc2c1Nc1ccccc1O2. The molecule has 0 bridgehead atoms. The van der Waals surface area contributed by atoms with Crippen LogP contribution in [0.15, 0.2) is 94.1 Å². The Morgan fingerprint density at radius 2 is 1.41 bits per heavy atom. The molecule has 0 spiro atoms. The second-order valence-electron chi connectivity index (χ2n) is 7.09. The minimum atomic E-state index is -0.373. The van der Waals surface area contributed by atoms with E-state index in [0.717, 1.165) is 38.8 Å². The van der Waals surface area contributed by atoms with Crippen LogP contribution in [-0.2, 0) is 0 Å². The Balaban J connectivity index is 1.57. The van der Waals surface area contributed by atoms with Crippen molar-refractivity contribution in [1.82, 2.24) is 0 Å². The molecule has 0 saturated heterocycles. The van der Waals surface area contributed by atoms with Gasteiger partial charge in [0.05, 0.1) is 16.9 Å². The zero-order valence-corrected chi connectivity index (χ0v) is 15.3. The third-order valence-corrected chi connectivity index (χ3v) is 5.28. The molecule has 0 unspecified atom stereocenters. The number of benzene rings is 4. The molecule has 6 rings (SSSR count). The van der Waals surface area contributed by atoms with Gasteiger partial charge in [-0.3, -0.25) is 0 Å². The molecule has 4 nitrogen and oxygen atoms in total. The molecule has 0 amide bonds. The summed E-state index contributed by atoms with van der Waals surface area (Å²) in [6.45, 7) is 0. The highest BCUT2D eigenvalue weighted by molar-refractivity contribution is 5.98. The molecule has 0 aliphatic carbocycles. The van der Waals surface area contributed by atoms with Gasteiger partial charge in [0.2, 0.25) is 0 Å². The molecular formula is C25H15NO3. The smallest absolute Gasteiger partial charge is 0.344 e.